The third-order valence-corrected chi connectivity index (χ3v) is 3.30. The fourth-order valence-electron chi connectivity index (χ4n) is 1.91. The number of carbonyl (C=O) groups excluding carboxylic acids is 1. The molecule has 4 nitrogen and oxygen atoms in total. The van der Waals surface area contributed by atoms with Crippen LogP contribution in [0.3, 0.4) is 0 Å². The molecule has 1 amide bonds. The standard InChI is InChI=1S/C17H28N2O2/c1-11(2)21-14-9-7-8-13(10-14)12(3)19-16(20)15(18)17(4,5)6/h7-12,15H,18H2,1-6H3,(H,19,20)/t12?,15-/m0/s1. The van der Waals surface area contributed by atoms with E-state index in [1.807, 2.05) is 65.8 Å². The predicted octanol–water partition coefficient (Wildman–Crippen LogP) is 3.02. The number of nitrogens with one attached hydrogen (secondary N) is 1. The fourth-order valence-corrected chi connectivity index (χ4v) is 1.91. The highest BCUT2D eigenvalue weighted by atomic mass is 16.5. The molecule has 0 aromatic heterocycles. The molecule has 0 fully saturated rings. The van der Waals surface area contributed by atoms with E-state index in [0.717, 1.165) is 11.3 Å². The van der Waals surface area contributed by atoms with Crippen LogP contribution in [0.4, 0.5) is 0 Å². The van der Waals surface area contributed by atoms with Crippen molar-refractivity contribution in [3.63, 3.8) is 0 Å². The highest BCUT2D eigenvalue weighted by Gasteiger charge is 2.28. The summed E-state index contributed by atoms with van der Waals surface area (Å²) in [6.07, 6.45) is 0.125. The number of hydrogen-bond donors (Lipinski definition) is 2. The molecule has 0 saturated carbocycles. The smallest absolute Gasteiger partial charge is 0.237 e. The summed E-state index contributed by atoms with van der Waals surface area (Å²) >= 11 is 0. The Morgan fingerprint density at radius 2 is 1.86 bits per heavy atom. The van der Waals surface area contributed by atoms with Gasteiger partial charge in [-0.3, -0.25) is 4.79 Å². The first-order valence-corrected chi connectivity index (χ1v) is 7.44. The molecule has 0 spiro atoms. The summed E-state index contributed by atoms with van der Waals surface area (Å²) in [5.74, 6) is 0.675. The van der Waals surface area contributed by atoms with Gasteiger partial charge in [-0.1, -0.05) is 32.9 Å². The van der Waals surface area contributed by atoms with Crippen molar-refractivity contribution in [2.75, 3.05) is 0 Å². The molecule has 0 aliphatic heterocycles. The van der Waals surface area contributed by atoms with E-state index in [1.165, 1.54) is 0 Å². The van der Waals surface area contributed by atoms with E-state index in [4.69, 9.17) is 10.5 Å². The molecule has 0 heterocycles. The minimum atomic E-state index is -0.532. The zero-order valence-corrected chi connectivity index (χ0v) is 13.9. The molecule has 2 atom stereocenters. The van der Waals surface area contributed by atoms with Crippen molar-refractivity contribution >= 4 is 5.91 Å². The van der Waals surface area contributed by atoms with Gasteiger partial charge in [-0.05, 0) is 43.9 Å². The van der Waals surface area contributed by atoms with E-state index in [-0.39, 0.29) is 23.5 Å². The number of nitrogens with two attached hydrogens (primary N) is 1. The summed E-state index contributed by atoms with van der Waals surface area (Å²) < 4.78 is 5.67. The summed E-state index contributed by atoms with van der Waals surface area (Å²) in [5.41, 5.74) is 6.72. The van der Waals surface area contributed by atoms with Crippen molar-refractivity contribution in [3.05, 3.63) is 29.8 Å². The van der Waals surface area contributed by atoms with E-state index in [0.29, 0.717) is 0 Å². The van der Waals surface area contributed by atoms with E-state index in [2.05, 4.69) is 5.32 Å². The Balaban J connectivity index is 2.76. The van der Waals surface area contributed by atoms with Gasteiger partial charge in [-0.25, -0.2) is 0 Å². The Bertz CT molecular complexity index is 478. The maximum Gasteiger partial charge on any atom is 0.237 e. The SMILES string of the molecule is CC(C)Oc1cccc(C(C)NC(=O)[C@H](N)C(C)(C)C)c1. The molecule has 1 aromatic rings. The average Bonchev–Trinajstić information content (AvgIpc) is 2.36. The van der Waals surface area contributed by atoms with Crippen molar-refractivity contribution in [3.8, 4) is 5.75 Å². The fraction of sp³-hybridized carbons (Fsp3) is 0.588. The molecule has 1 unspecified atom stereocenters. The van der Waals surface area contributed by atoms with Gasteiger partial charge in [-0.15, -0.1) is 0 Å². The second-order valence-electron chi connectivity index (χ2n) is 6.81. The summed E-state index contributed by atoms with van der Waals surface area (Å²) in [7, 11) is 0. The minimum absolute atomic E-state index is 0.110. The molecule has 118 valence electrons. The van der Waals surface area contributed by atoms with Crippen molar-refractivity contribution in [2.24, 2.45) is 11.1 Å². The van der Waals surface area contributed by atoms with Gasteiger partial charge in [0, 0.05) is 0 Å². The van der Waals surface area contributed by atoms with E-state index < -0.39 is 6.04 Å². The maximum absolute atomic E-state index is 12.2. The normalized spacial score (nSPS) is 14.7. The van der Waals surface area contributed by atoms with Gasteiger partial charge < -0.3 is 15.8 Å². The summed E-state index contributed by atoms with van der Waals surface area (Å²) in [4.78, 5) is 12.2. The first-order valence-electron chi connectivity index (χ1n) is 7.44. The van der Waals surface area contributed by atoms with Crippen molar-refractivity contribution in [1.82, 2.24) is 5.32 Å². The van der Waals surface area contributed by atoms with Gasteiger partial charge in [0.05, 0.1) is 18.2 Å². The average molecular weight is 292 g/mol. The largest absolute Gasteiger partial charge is 0.491 e. The third-order valence-electron chi connectivity index (χ3n) is 3.30. The first kappa shape index (κ1) is 17.5. The molecule has 0 saturated heterocycles. The van der Waals surface area contributed by atoms with Gasteiger partial charge in [0.2, 0.25) is 5.91 Å². The number of hydrogen-bond acceptors (Lipinski definition) is 3. The molecule has 0 aliphatic rings. The Hall–Kier alpha value is -1.55. The van der Waals surface area contributed by atoms with Crippen molar-refractivity contribution in [1.29, 1.82) is 0 Å². The van der Waals surface area contributed by atoms with Crippen LogP contribution in [0.25, 0.3) is 0 Å². The van der Waals surface area contributed by atoms with E-state index >= 15 is 0 Å². The molecule has 0 bridgehead atoms. The van der Waals surface area contributed by atoms with Gasteiger partial charge in [0.25, 0.3) is 0 Å². The Morgan fingerprint density at radius 1 is 1.24 bits per heavy atom. The second-order valence-corrected chi connectivity index (χ2v) is 6.81. The molecule has 1 rings (SSSR count). The molecular weight excluding hydrogens is 264 g/mol. The molecule has 0 radical (unpaired) electrons. The quantitative estimate of drug-likeness (QED) is 0.876. The highest BCUT2D eigenvalue weighted by Crippen LogP contribution is 2.22. The number of rotatable bonds is 5. The predicted molar refractivity (Wildman–Crippen MR) is 86.2 cm³/mol. The minimum Gasteiger partial charge on any atom is -0.491 e. The third kappa shape index (κ3) is 5.38. The van der Waals surface area contributed by atoms with Crippen LogP contribution in [0.2, 0.25) is 0 Å². The zero-order valence-electron chi connectivity index (χ0n) is 13.9. The monoisotopic (exact) mass is 292 g/mol. The summed E-state index contributed by atoms with van der Waals surface area (Å²) in [6.45, 7) is 11.8. The zero-order chi connectivity index (χ0) is 16.2. The van der Waals surface area contributed by atoms with Gasteiger partial charge in [-0.2, -0.15) is 0 Å². The second kappa shape index (κ2) is 6.94. The Morgan fingerprint density at radius 3 is 2.38 bits per heavy atom. The number of benzene rings is 1. The number of amides is 1. The van der Waals surface area contributed by atoms with Gasteiger partial charge in [0.1, 0.15) is 5.75 Å². The first-order chi connectivity index (χ1) is 9.61. The Kier molecular flexibility index (Phi) is 5.78. The maximum atomic E-state index is 12.2. The van der Waals surface area contributed by atoms with Crippen molar-refractivity contribution in [2.45, 2.75) is 59.7 Å². The van der Waals surface area contributed by atoms with Crippen molar-refractivity contribution < 1.29 is 9.53 Å². The molecule has 1 aromatic carbocycles. The van der Waals surface area contributed by atoms with Gasteiger partial charge >= 0.3 is 0 Å². The van der Waals surface area contributed by atoms with E-state index in [9.17, 15) is 4.79 Å². The highest BCUT2D eigenvalue weighted by molar-refractivity contribution is 5.82. The summed E-state index contributed by atoms with van der Waals surface area (Å²) in [5, 5.41) is 2.96. The van der Waals surface area contributed by atoms with E-state index in [1.54, 1.807) is 0 Å². The topological polar surface area (TPSA) is 64.3 Å². The lowest BCUT2D eigenvalue weighted by Crippen LogP contribution is -2.49. The van der Waals surface area contributed by atoms with Crippen LogP contribution in [-0.4, -0.2) is 18.1 Å². The van der Waals surface area contributed by atoms with Crippen LogP contribution < -0.4 is 15.8 Å². The van der Waals surface area contributed by atoms with Crippen LogP contribution >= 0.6 is 0 Å². The molecule has 0 aliphatic carbocycles. The molecule has 3 N–H and O–H groups in total. The summed E-state index contributed by atoms with van der Waals surface area (Å²) in [6, 6.07) is 7.13. The Labute approximate surface area is 128 Å². The van der Waals surface area contributed by atoms with Crippen LogP contribution in [0, 0.1) is 5.41 Å². The van der Waals surface area contributed by atoms with Crippen LogP contribution in [0.15, 0.2) is 24.3 Å². The van der Waals surface area contributed by atoms with Crippen LogP contribution in [0.1, 0.15) is 53.1 Å². The number of ether oxygens (including phenoxy) is 1. The van der Waals surface area contributed by atoms with Crippen LogP contribution in [-0.2, 0) is 4.79 Å². The lowest BCUT2D eigenvalue weighted by molar-refractivity contribution is -0.125. The molecule has 4 heteroatoms. The lowest BCUT2D eigenvalue weighted by atomic mass is 9.86. The number of carbonyl (C=O) groups is 1. The van der Waals surface area contributed by atoms with Crippen LogP contribution in [0.5, 0.6) is 5.75 Å². The molecule has 21 heavy (non-hydrogen) atoms. The van der Waals surface area contributed by atoms with Gasteiger partial charge in [0.15, 0.2) is 0 Å². The molecular formula is C17H28N2O2. The lowest BCUT2D eigenvalue weighted by Gasteiger charge is -2.27.